The summed E-state index contributed by atoms with van der Waals surface area (Å²) in [4.78, 5) is 4.21. The Balaban J connectivity index is 2.74. The van der Waals surface area contributed by atoms with Crippen LogP contribution in [0.4, 0.5) is 0 Å². The van der Waals surface area contributed by atoms with Crippen LogP contribution in [0.3, 0.4) is 0 Å². The molecule has 0 unspecified atom stereocenters. The molecule has 0 radical (unpaired) electrons. The molecule has 12 heavy (non-hydrogen) atoms. The third-order valence-electron chi connectivity index (χ3n) is 1.75. The number of benzene rings is 1. The molecule has 0 aliphatic carbocycles. The molecule has 2 heteroatoms. The van der Waals surface area contributed by atoms with Crippen LogP contribution in [0.5, 0.6) is 0 Å². The third kappa shape index (κ3) is 1.01. The van der Waals surface area contributed by atoms with Crippen LogP contribution in [0, 0.1) is 6.92 Å². The molecule has 0 saturated heterocycles. The highest BCUT2D eigenvalue weighted by Crippen LogP contribution is 2.16. The van der Waals surface area contributed by atoms with E-state index >= 15 is 0 Å². The van der Waals surface area contributed by atoms with Gasteiger partial charge >= 0.3 is 0 Å². The molecular weight excluding hydrogens is 150 g/mol. The summed E-state index contributed by atoms with van der Waals surface area (Å²) in [5.74, 6) is 0.700. The summed E-state index contributed by atoms with van der Waals surface area (Å²) in [6.07, 6.45) is 1.80. The molecule has 2 aromatic rings. The standard InChI is InChI=1S/C10H9NO/c1-3-8-4-5-10-9(6-8)11-7(2)12-10/h3-6H,1H2,2H3. The average Bonchev–Trinajstić information content (AvgIpc) is 2.43. The van der Waals surface area contributed by atoms with Gasteiger partial charge in [0.15, 0.2) is 11.5 Å². The summed E-state index contributed by atoms with van der Waals surface area (Å²) in [5, 5.41) is 0. The van der Waals surface area contributed by atoms with Crippen molar-refractivity contribution in [2.24, 2.45) is 0 Å². The van der Waals surface area contributed by atoms with Crippen molar-refractivity contribution in [2.75, 3.05) is 0 Å². The third-order valence-corrected chi connectivity index (χ3v) is 1.75. The van der Waals surface area contributed by atoms with Gasteiger partial charge in [0.2, 0.25) is 0 Å². The maximum Gasteiger partial charge on any atom is 0.192 e. The first-order chi connectivity index (χ1) is 5.79. The summed E-state index contributed by atoms with van der Waals surface area (Å²) in [6.45, 7) is 5.53. The maximum atomic E-state index is 5.32. The molecule has 1 aromatic heterocycles. The van der Waals surface area contributed by atoms with Crippen molar-refractivity contribution >= 4 is 17.2 Å². The molecule has 2 rings (SSSR count). The second-order valence-corrected chi connectivity index (χ2v) is 2.66. The van der Waals surface area contributed by atoms with Gasteiger partial charge in [-0.15, -0.1) is 0 Å². The van der Waals surface area contributed by atoms with Crippen LogP contribution >= 0.6 is 0 Å². The lowest BCUT2D eigenvalue weighted by Gasteiger charge is -1.89. The Labute approximate surface area is 70.5 Å². The van der Waals surface area contributed by atoms with E-state index in [1.165, 1.54) is 0 Å². The lowest BCUT2D eigenvalue weighted by atomic mass is 10.2. The molecule has 0 fully saturated rings. The molecular formula is C10H9NO. The van der Waals surface area contributed by atoms with Gasteiger partial charge in [-0.1, -0.05) is 18.7 Å². The van der Waals surface area contributed by atoms with E-state index in [1.807, 2.05) is 25.1 Å². The lowest BCUT2D eigenvalue weighted by Crippen LogP contribution is -1.71. The van der Waals surface area contributed by atoms with Crippen molar-refractivity contribution in [2.45, 2.75) is 6.92 Å². The van der Waals surface area contributed by atoms with Gasteiger partial charge in [0.05, 0.1) is 0 Å². The van der Waals surface area contributed by atoms with Crippen LogP contribution in [0.25, 0.3) is 17.2 Å². The molecule has 0 atom stereocenters. The van der Waals surface area contributed by atoms with E-state index in [-0.39, 0.29) is 0 Å². The number of rotatable bonds is 1. The summed E-state index contributed by atoms with van der Waals surface area (Å²) in [7, 11) is 0. The second kappa shape index (κ2) is 2.48. The first-order valence-electron chi connectivity index (χ1n) is 3.79. The summed E-state index contributed by atoms with van der Waals surface area (Å²) >= 11 is 0. The number of aryl methyl sites for hydroxylation is 1. The molecule has 2 nitrogen and oxygen atoms in total. The highest BCUT2D eigenvalue weighted by molar-refractivity contribution is 5.75. The van der Waals surface area contributed by atoms with E-state index in [9.17, 15) is 0 Å². The van der Waals surface area contributed by atoms with Crippen molar-refractivity contribution in [1.29, 1.82) is 0 Å². The zero-order chi connectivity index (χ0) is 8.55. The SMILES string of the molecule is C=Cc1ccc2oc(C)nc2c1. The minimum Gasteiger partial charge on any atom is -0.441 e. The zero-order valence-corrected chi connectivity index (χ0v) is 6.87. The predicted molar refractivity (Wildman–Crippen MR) is 48.8 cm³/mol. The van der Waals surface area contributed by atoms with E-state index in [0.717, 1.165) is 16.7 Å². The van der Waals surface area contributed by atoms with E-state index < -0.39 is 0 Å². The van der Waals surface area contributed by atoms with Crippen molar-refractivity contribution in [3.05, 3.63) is 36.2 Å². The molecule has 1 aromatic carbocycles. The smallest absolute Gasteiger partial charge is 0.192 e. The highest BCUT2D eigenvalue weighted by atomic mass is 16.3. The van der Waals surface area contributed by atoms with Crippen LogP contribution < -0.4 is 0 Å². The van der Waals surface area contributed by atoms with Gasteiger partial charge in [-0.05, 0) is 17.7 Å². The van der Waals surface area contributed by atoms with Crippen LogP contribution in [0.1, 0.15) is 11.5 Å². The van der Waals surface area contributed by atoms with Crippen molar-refractivity contribution in [3.63, 3.8) is 0 Å². The number of nitrogens with zero attached hydrogens (tertiary/aromatic N) is 1. The Kier molecular flexibility index (Phi) is 1.47. The van der Waals surface area contributed by atoms with E-state index in [0.29, 0.717) is 5.89 Å². The van der Waals surface area contributed by atoms with Gasteiger partial charge in [-0.2, -0.15) is 0 Å². The molecule has 0 aliphatic heterocycles. The fraction of sp³-hybridized carbons (Fsp3) is 0.100. The Morgan fingerprint density at radius 2 is 2.33 bits per heavy atom. The van der Waals surface area contributed by atoms with Gasteiger partial charge in [0.25, 0.3) is 0 Å². The molecule has 0 N–H and O–H groups in total. The second-order valence-electron chi connectivity index (χ2n) is 2.66. The number of hydrogen-bond donors (Lipinski definition) is 0. The molecule has 0 bridgehead atoms. The van der Waals surface area contributed by atoms with Crippen molar-refractivity contribution < 1.29 is 4.42 Å². The Hall–Kier alpha value is -1.57. The Morgan fingerprint density at radius 1 is 1.50 bits per heavy atom. The Morgan fingerprint density at radius 3 is 3.08 bits per heavy atom. The fourth-order valence-electron chi connectivity index (χ4n) is 1.19. The number of fused-ring (bicyclic) bond motifs is 1. The molecule has 0 amide bonds. The molecule has 1 heterocycles. The topological polar surface area (TPSA) is 26.0 Å². The molecule has 60 valence electrons. The normalized spacial score (nSPS) is 10.4. The van der Waals surface area contributed by atoms with Gasteiger partial charge in [0.1, 0.15) is 5.52 Å². The Bertz CT molecular complexity index is 428. The monoisotopic (exact) mass is 159 g/mol. The number of oxazole rings is 1. The largest absolute Gasteiger partial charge is 0.441 e. The van der Waals surface area contributed by atoms with Gasteiger partial charge in [-0.3, -0.25) is 0 Å². The van der Waals surface area contributed by atoms with Crippen LogP contribution in [-0.2, 0) is 0 Å². The van der Waals surface area contributed by atoms with Crippen LogP contribution in [0.2, 0.25) is 0 Å². The van der Waals surface area contributed by atoms with Gasteiger partial charge in [-0.25, -0.2) is 4.98 Å². The first kappa shape index (κ1) is 7.10. The number of aromatic nitrogens is 1. The molecule has 0 aliphatic rings. The predicted octanol–water partition coefficient (Wildman–Crippen LogP) is 2.78. The maximum absolute atomic E-state index is 5.32. The summed E-state index contributed by atoms with van der Waals surface area (Å²) in [6, 6.07) is 5.82. The minimum atomic E-state index is 0.700. The summed E-state index contributed by atoms with van der Waals surface area (Å²) < 4.78 is 5.32. The fourth-order valence-corrected chi connectivity index (χ4v) is 1.19. The average molecular weight is 159 g/mol. The van der Waals surface area contributed by atoms with Gasteiger partial charge in [0, 0.05) is 6.92 Å². The van der Waals surface area contributed by atoms with Gasteiger partial charge < -0.3 is 4.42 Å². The molecule has 0 saturated carbocycles. The lowest BCUT2D eigenvalue weighted by molar-refractivity contribution is 0.561. The highest BCUT2D eigenvalue weighted by Gasteiger charge is 2.00. The minimum absolute atomic E-state index is 0.700. The first-order valence-corrected chi connectivity index (χ1v) is 3.79. The quantitative estimate of drug-likeness (QED) is 0.639. The van der Waals surface area contributed by atoms with Crippen molar-refractivity contribution in [1.82, 2.24) is 4.98 Å². The van der Waals surface area contributed by atoms with E-state index in [4.69, 9.17) is 4.42 Å². The zero-order valence-electron chi connectivity index (χ0n) is 6.87. The van der Waals surface area contributed by atoms with Crippen LogP contribution in [0.15, 0.2) is 29.2 Å². The number of hydrogen-bond acceptors (Lipinski definition) is 2. The van der Waals surface area contributed by atoms with Crippen molar-refractivity contribution in [3.8, 4) is 0 Å². The van der Waals surface area contributed by atoms with E-state index in [2.05, 4.69) is 11.6 Å². The summed E-state index contributed by atoms with van der Waals surface area (Å²) in [5.41, 5.74) is 2.79. The van der Waals surface area contributed by atoms with E-state index in [1.54, 1.807) is 6.08 Å². The molecule has 0 spiro atoms. The van der Waals surface area contributed by atoms with Crippen LogP contribution in [-0.4, -0.2) is 4.98 Å².